The number of piperazine rings is 1. The van der Waals surface area contributed by atoms with Crippen molar-refractivity contribution in [2.45, 2.75) is 19.9 Å². The number of amides is 2. The number of nitrogens with zero attached hydrogens (tertiary/aromatic N) is 2. The molecule has 2 amide bonds. The lowest BCUT2D eigenvalue weighted by Crippen LogP contribution is -2.52. The number of carbonyl (C=O) groups excluding carboxylic acids is 2. The molecule has 0 aliphatic carbocycles. The molecule has 1 atom stereocenters. The molecule has 0 saturated carbocycles. The summed E-state index contributed by atoms with van der Waals surface area (Å²) in [6.07, 6.45) is 0. The summed E-state index contributed by atoms with van der Waals surface area (Å²) < 4.78 is 0. The third-order valence-corrected chi connectivity index (χ3v) is 3.53. The highest BCUT2D eigenvalue weighted by Gasteiger charge is 2.25. The van der Waals surface area contributed by atoms with Crippen LogP contribution in [-0.2, 0) is 4.79 Å². The molecule has 1 aliphatic rings. The summed E-state index contributed by atoms with van der Waals surface area (Å²) in [5.74, 6) is -0.254. The van der Waals surface area contributed by atoms with Crippen LogP contribution in [0.3, 0.4) is 0 Å². The SMILES string of the molecule is CC(=O)Nc1nc(C(=O)N2CCNC[C@H]2C)cs1. The van der Waals surface area contributed by atoms with E-state index in [1.54, 1.807) is 5.38 Å². The predicted molar refractivity (Wildman–Crippen MR) is 69.8 cm³/mol. The van der Waals surface area contributed by atoms with Gasteiger partial charge in [0.25, 0.3) is 5.91 Å². The zero-order valence-electron chi connectivity index (χ0n) is 10.4. The van der Waals surface area contributed by atoms with Crippen LogP contribution in [0.1, 0.15) is 24.3 Å². The summed E-state index contributed by atoms with van der Waals surface area (Å²) in [7, 11) is 0. The second-order valence-electron chi connectivity index (χ2n) is 4.27. The minimum Gasteiger partial charge on any atom is -0.332 e. The number of hydrogen-bond donors (Lipinski definition) is 2. The summed E-state index contributed by atoms with van der Waals surface area (Å²) in [5, 5.41) is 7.96. The topological polar surface area (TPSA) is 74.3 Å². The number of nitrogens with one attached hydrogen (secondary N) is 2. The summed E-state index contributed by atoms with van der Waals surface area (Å²) in [6, 6.07) is 0.164. The Kier molecular flexibility index (Phi) is 3.93. The minimum atomic E-state index is -0.182. The van der Waals surface area contributed by atoms with Crippen LogP contribution in [0, 0.1) is 0 Å². The smallest absolute Gasteiger partial charge is 0.273 e. The first-order chi connectivity index (χ1) is 8.58. The molecule has 2 heterocycles. The highest BCUT2D eigenvalue weighted by molar-refractivity contribution is 7.14. The van der Waals surface area contributed by atoms with Gasteiger partial charge in [-0.1, -0.05) is 0 Å². The Hall–Kier alpha value is -1.47. The molecule has 6 nitrogen and oxygen atoms in total. The summed E-state index contributed by atoms with van der Waals surface area (Å²) in [4.78, 5) is 29.1. The molecule has 2 N–H and O–H groups in total. The first-order valence-corrected chi connectivity index (χ1v) is 6.70. The highest BCUT2D eigenvalue weighted by atomic mass is 32.1. The van der Waals surface area contributed by atoms with Gasteiger partial charge in [-0.3, -0.25) is 9.59 Å². The van der Waals surface area contributed by atoms with E-state index < -0.39 is 0 Å². The highest BCUT2D eigenvalue weighted by Crippen LogP contribution is 2.18. The number of rotatable bonds is 2. The van der Waals surface area contributed by atoms with Gasteiger partial charge in [0.2, 0.25) is 5.91 Å². The van der Waals surface area contributed by atoms with Crippen molar-refractivity contribution in [1.29, 1.82) is 0 Å². The van der Waals surface area contributed by atoms with E-state index in [2.05, 4.69) is 15.6 Å². The molecule has 1 fully saturated rings. The zero-order valence-corrected chi connectivity index (χ0v) is 11.2. The van der Waals surface area contributed by atoms with Crippen LogP contribution >= 0.6 is 11.3 Å². The van der Waals surface area contributed by atoms with Crippen LogP contribution in [0.4, 0.5) is 5.13 Å². The normalized spacial score (nSPS) is 19.7. The Labute approximate surface area is 109 Å². The maximum Gasteiger partial charge on any atom is 0.273 e. The van der Waals surface area contributed by atoms with E-state index in [0.29, 0.717) is 17.4 Å². The van der Waals surface area contributed by atoms with E-state index >= 15 is 0 Å². The van der Waals surface area contributed by atoms with Crippen molar-refractivity contribution in [3.63, 3.8) is 0 Å². The molecule has 18 heavy (non-hydrogen) atoms. The van der Waals surface area contributed by atoms with Crippen LogP contribution in [0.25, 0.3) is 0 Å². The molecule has 7 heteroatoms. The Morgan fingerprint density at radius 1 is 1.61 bits per heavy atom. The van der Waals surface area contributed by atoms with Crippen molar-refractivity contribution in [3.05, 3.63) is 11.1 Å². The van der Waals surface area contributed by atoms with Crippen LogP contribution in [0.5, 0.6) is 0 Å². The van der Waals surface area contributed by atoms with Gasteiger partial charge in [0.1, 0.15) is 5.69 Å². The number of carbonyl (C=O) groups is 2. The van der Waals surface area contributed by atoms with Gasteiger partial charge in [0, 0.05) is 38.0 Å². The van der Waals surface area contributed by atoms with E-state index in [1.807, 2.05) is 11.8 Å². The van der Waals surface area contributed by atoms with Gasteiger partial charge in [-0.05, 0) is 6.92 Å². The molecule has 0 radical (unpaired) electrons. The predicted octanol–water partition coefficient (Wildman–Crippen LogP) is 0.535. The third-order valence-electron chi connectivity index (χ3n) is 2.77. The van der Waals surface area contributed by atoms with Crippen molar-refractivity contribution in [3.8, 4) is 0 Å². The van der Waals surface area contributed by atoms with E-state index in [9.17, 15) is 9.59 Å². The number of anilines is 1. The lowest BCUT2D eigenvalue weighted by atomic mass is 10.2. The zero-order chi connectivity index (χ0) is 13.1. The Bertz CT molecular complexity index is 460. The molecule has 2 rings (SSSR count). The quantitative estimate of drug-likeness (QED) is 0.821. The van der Waals surface area contributed by atoms with Crippen molar-refractivity contribution in [2.75, 3.05) is 25.0 Å². The van der Waals surface area contributed by atoms with Crippen molar-refractivity contribution in [1.82, 2.24) is 15.2 Å². The second-order valence-corrected chi connectivity index (χ2v) is 5.13. The molecule has 98 valence electrons. The largest absolute Gasteiger partial charge is 0.332 e. The molecule has 0 unspecified atom stereocenters. The molecule has 0 spiro atoms. The van der Waals surface area contributed by atoms with Gasteiger partial charge < -0.3 is 15.5 Å². The van der Waals surface area contributed by atoms with E-state index in [4.69, 9.17) is 0 Å². The fraction of sp³-hybridized carbons (Fsp3) is 0.545. The lowest BCUT2D eigenvalue weighted by molar-refractivity contribution is -0.114. The third kappa shape index (κ3) is 2.85. The minimum absolute atomic E-state index is 0.0724. The van der Waals surface area contributed by atoms with Gasteiger partial charge in [-0.25, -0.2) is 4.98 Å². The Morgan fingerprint density at radius 3 is 3.06 bits per heavy atom. The monoisotopic (exact) mass is 268 g/mol. The Morgan fingerprint density at radius 2 is 2.39 bits per heavy atom. The van der Waals surface area contributed by atoms with Crippen LogP contribution in [0.15, 0.2) is 5.38 Å². The number of hydrogen-bond acceptors (Lipinski definition) is 5. The fourth-order valence-corrected chi connectivity index (χ4v) is 2.60. The average Bonchev–Trinajstić information content (AvgIpc) is 2.76. The molecule has 1 aromatic heterocycles. The first-order valence-electron chi connectivity index (χ1n) is 5.82. The van der Waals surface area contributed by atoms with Gasteiger partial charge in [0.15, 0.2) is 5.13 Å². The van der Waals surface area contributed by atoms with Crippen LogP contribution < -0.4 is 10.6 Å². The summed E-state index contributed by atoms with van der Waals surface area (Å²) in [6.45, 7) is 5.71. The number of thiazole rings is 1. The van der Waals surface area contributed by atoms with Crippen molar-refractivity contribution >= 4 is 28.3 Å². The van der Waals surface area contributed by atoms with Gasteiger partial charge in [0.05, 0.1) is 0 Å². The summed E-state index contributed by atoms with van der Waals surface area (Å²) >= 11 is 1.27. The molecular formula is C11H16N4O2S. The maximum atomic E-state index is 12.2. The Balaban J connectivity index is 2.08. The van der Waals surface area contributed by atoms with Crippen molar-refractivity contribution in [2.24, 2.45) is 0 Å². The molecule has 1 aliphatic heterocycles. The first kappa shape index (κ1) is 13.0. The van der Waals surface area contributed by atoms with E-state index in [0.717, 1.165) is 13.1 Å². The fourth-order valence-electron chi connectivity index (χ4n) is 1.87. The van der Waals surface area contributed by atoms with Gasteiger partial charge in [-0.2, -0.15) is 0 Å². The van der Waals surface area contributed by atoms with Crippen molar-refractivity contribution < 1.29 is 9.59 Å². The maximum absolute atomic E-state index is 12.2. The average molecular weight is 268 g/mol. The molecular weight excluding hydrogens is 252 g/mol. The summed E-state index contributed by atoms with van der Waals surface area (Å²) in [5.41, 5.74) is 0.400. The van der Waals surface area contributed by atoms with E-state index in [-0.39, 0.29) is 17.9 Å². The lowest BCUT2D eigenvalue weighted by Gasteiger charge is -2.33. The molecule has 0 aromatic carbocycles. The van der Waals surface area contributed by atoms with Crippen LogP contribution in [0.2, 0.25) is 0 Å². The standard InChI is InChI=1S/C11H16N4O2S/c1-7-5-12-3-4-15(7)10(17)9-6-18-11(14-9)13-8(2)16/h6-7,12H,3-5H2,1-2H3,(H,13,14,16)/t7-/m1/s1. The van der Waals surface area contributed by atoms with Gasteiger partial charge in [-0.15, -0.1) is 11.3 Å². The molecule has 1 aromatic rings. The van der Waals surface area contributed by atoms with Crippen LogP contribution in [-0.4, -0.2) is 47.4 Å². The van der Waals surface area contributed by atoms with Gasteiger partial charge >= 0.3 is 0 Å². The number of aromatic nitrogens is 1. The molecule has 0 bridgehead atoms. The molecule has 1 saturated heterocycles. The van der Waals surface area contributed by atoms with E-state index in [1.165, 1.54) is 18.3 Å². The second kappa shape index (κ2) is 5.45.